The summed E-state index contributed by atoms with van der Waals surface area (Å²) in [6.45, 7) is 7.47. The summed E-state index contributed by atoms with van der Waals surface area (Å²) in [5.41, 5.74) is 7.95. The number of hydrogen-bond donors (Lipinski definition) is 1. The van der Waals surface area contributed by atoms with Crippen LogP contribution in [0.15, 0.2) is 33.0 Å². The SMILES string of the molecule is CN=S1(=O)CCN(c2ccc(-c3oc(C(C)(C)C)nc3[C@@H]3CC[C@H](F)C[C@H]3C(N)=O)cc2)CC1. The molecule has 0 spiro atoms. The lowest BCUT2D eigenvalue weighted by atomic mass is 9.75. The number of amides is 1. The zero-order valence-corrected chi connectivity index (χ0v) is 21.2. The molecule has 0 unspecified atom stereocenters. The third kappa shape index (κ3) is 4.99. The quantitative estimate of drug-likeness (QED) is 0.690. The smallest absolute Gasteiger partial charge is 0.221 e. The molecule has 2 heterocycles. The van der Waals surface area contributed by atoms with Gasteiger partial charge in [-0.2, -0.15) is 0 Å². The van der Waals surface area contributed by atoms with E-state index in [-0.39, 0.29) is 17.8 Å². The second kappa shape index (κ2) is 9.32. The van der Waals surface area contributed by atoms with Crippen LogP contribution in [0, 0.1) is 5.92 Å². The first-order valence-corrected chi connectivity index (χ1v) is 13.8. The van der Waals surface area contributed by atoms with E-state index in [4.69, 9.17) is 15.1 Å². The molecule has 3 atom stereocenters. The minimum absolute atomic E-state index is 0.123. The van der Waals surface area contributed by atoms with Crippen LogP contribution in [0.2, 0.25) is 0 Å². The van der Waals surface area contributed by atoms with E-state index in [1.54, 1.807) is 7.05 Å². The van der Waals surface area contributed by atoms with Gasteiger partial charge in [0.15, 0.2) is 5.76 Å². The number of nitrogens with zero attached hydrogens (tertiary/aromatic N) is 3. The molecule has 34 heavy (non-hydrogen) atoms. The van der Waals surface area contributed by atoms with Gasteiger partial charge in [-0.25, -0.2) is 17.9 Å². The number of rotatable bonds is 4. The van der Waals surface area contributed by atoms with E-state index in [1.807, 2.05) is 45.0 Å². The number of alkyl halides is 1. The Bertz CT molecular complexity index is 1150. The maximum atomic E-state index is 14.1. The van der Waals surface area contributed by atoms with Crippen molar-refractivity contribution in [1.82, 2.24) is 4.98 Å². The van der Waals surface area contributed by atoms with Crippen LogP contribution in [0.4, 0.5) is 10.1 Å². The number of anilines is 1. The van der Waals surface area contributed by atoms with Crippen LogP contribution in [0.1, 0.15) is 57.5 Å². The molecular weight excluding hydrogens is 455 g/mol. The molecule has 7 nitrogen and oxygen atoms in total. The fraction of sp³-hybridized carbons (Fsp3) is 0.600. The predicted octanol–water partition coefficient (Wildman–Crippen LogP) is 4.26. The number of nitrogens with two attached hydrogens (primary N) is 1. The Kier molecular flexibility index (Phi) is 6.77. The van der Waals surface area contributed by atoms with Crippen LogP contribution in [-0.2, 0) is 19.9 Å². The highest BCUT2D eigenvalue weighted by molar-refractivity contribution is 7.93. The topological polar surface area (TPSA) is 102 Å². The Morgan fingerprint density at radius 3 is 2.41 bits per heavy atom. The van der Waals surface area contributed by atoms with Crippen LogP contribution >= 0.6 is 0 Å². The highest BCUT2D eigenvalue weighted by atomic mass is 32.2. The van der Waals surface area contributed by atoms with Gasteiger partial charge in [0.25, 0.3) is 0 Å². The third-order valence-corrected chi connectivity index (χ3v) is 9.29. The molecule has 186 valence electrons. The molecule has 1 saturated carbocycles. The van der Waals surface area contributed by atoms with E-state index >= 15 is 0 Å². The number of hydrogen-bond acceptors (Lipinski definition) is 6. The molecule has 2 aliphatic rings. The monoisotopic (exact) mass is 490 g/mol. The van der Waals surface area contributed by atoms with Gasteiger partial charge in [-0.05, 0) is 43.5 Å². The molecule has 1 aliphatic carbocycles. The van der Waals surface area contributed by atoms with Gasteiger partial charge in [0.05, 0.1) is 5.69 Å². The van der Waals surface area contributed by atoms with Crippen molar-refractivity contribution in [2.45, 2.75) is 57.5 Å². The third-order valence-electron chi connectivity index (χ3n) is 6.99. The number of carbonyl (C=O) groups is 1. The molecule has 0 bridgehead atoms. The minimum Gasteiger partial charge on any atom is -0.440 e. The molecule has 1 amide bonds. The first-order valence-electron chi connectivity index (χ1n) is 11.9. The normalized spacial score (nSPS) is 25.2. The van der Waals surface area contributed by atoms with E-state index in [0.717, 1.165) is 11.3 Å². The average Bonchev–Trinajstić information content (AvgIpc) is 3.25. The first-order chi connectivity index (χ1) is 16.0. The van der Waals surface area contributed by atoms with Crippen molar-refractivity contribution in [2.24, 2.45) is 16.0 Å². The lowest BCUT2D eigenvalue weighted by Crippen LogP contribution is -2.40. The van der Waals surface area contributed by atoms with Gasteiger partial charge in [0.1, 0.15) is 6.17 Å². The van der Waals surface area contributed by atoms with Gasteiger partial charge in [-0.1, -0.05) is 20.8 Å². The van der Waals surface area contributed by atoms with E-state index in [0.29, 0.717) is 54.8 Å². The zero-order chi connectivity index (χ0) is 24.7. The van der Waals surface area contributed by atoms with Crippen LogP contribution in [0.25, 0.3) is 11.3 Å². The predicted molar refractivity (Wildman–Crippen MR) is 133 cm³/mol. The van der Waals surface area contributed by atoms with Gasteiger partial charge >= 0.3 is 0 Å². The number of carbonyl (C=O) groups excluding carboxylic acids is 1. The molecule has 0 radical (unpaired) electrons. The number of benzene rings is 1. The van der Waals surface area contributed by atoms with E-state index in [9.17, 15) is 13.4 Å². The van der Waals surface area contributed by atoms with Gasteiger partial charge in [-0.15, -0.1) is 0 Å². The Morgan fingerprint density at radius 1 is 1.21 bits per heavy atom. The van der Waals surface area contributed by atoms with Crippen LogP contribution in [0.3, 0.4) is 0 Å². The summed E-state index contributed by atoms with van der Waals surface area (Å²) in [4.78, 5) is 19.2. The fourth-order valence-electron chi connectivity index (χ4n) is 4.86. The molecule has 4 rings (SSSR count). The average molecular weight is 491 g/mol. The Balaban J connectivity index is 1.67. The molecule has 1 aromatic heterocycles. The van der Waals surface area contributed by atoms with Gasteiger partial charge < -0.3 is 15.1 Å². The minimum atomic E-state index is -2.07. The Hall–Kier alpha value is -2.42. The van der Waals surface area contributed by atoms with Gasteiger partial charge in [-0.3, -0.25) is 4.79 Å². The van der Waals surface area contributed by atoms with Crippen molar-refractivity contribution in [1.29, 1.82) is 0 Å². The molecular formula is C25H35FN4O3S. The summed E-state index contributed by atoms with van der Waals surface area (Å²) in [7, 11) is -0.435. The van der Waals surface area contributed by atoms with E-state index < -0.39 is 27.7 Å². The number of halogens is 1. The van der Waals surface area contributed by atoms with Crippen LogP contribution in [0.5, 0.6) is 0 Å². The summed E-state index contributed by atoms with van der Waals surface area (Å²) < 4.78 is 37.0. The van der Waals surface area contributed by atoms with Crippen LogP contribution in [-0.4, -0.2) is 52.9 Å². The highest BCUT2D eigenvalue weighted by Crippen LogP contribution is 2.44. The second-order valence-electron chi connectivity index (χ2n) is 10.4. The zero-order valence-electron chi connectivity index (χ0n) is 20.4. The molecule has 1 aromatic carbocycles. The molecule has 1 aliphatic heterocycles. The molecule has 1 saturated heterocycles. The van der Waals surface area contributed by atoms with Gasteiger partial charge in [0, 0.05) is 69.9 Å². The summed E-state index contributed by atoms with van der Waals surface area (Å²) in [6, 6.07) is 8.03. The fourth-order valence-corrected chi connectivity index (χ4v) is 6.44. The van der Waals surface area contributed by atoms with Crippen molar-refractivity contribution in [3.05, 3.63) is 35.9 Å². The lowest BCUT2D eigenvalue weighted by molar-refractivity contribution is -0.124. The van der Waals surface area contributed by atoms with Crippen molar-refractivity contribution in [2.75, 3.05) is 36.5 Å². The summed E-state index contributed by atoms with van der Waals surface area (Å²) in [6.07, 6.45) is -0.0125. The molecule has 2 fully saturated rings. The molecule has 2 N–H and O–H groups in total. The largest absolute Gasteiger partial charge is 0.440 e. The van der Waals surface area contributed by atoms with Gasteiger partial charge in [0.2, 0.25) is 11.8 Å². The summed E-state index contributed by atoms with van der Waals surface area (Å²) in [5, 5.41) is 0. The maximum absolute atomic E-state index is 14.1. The summed E-state index contributed by atoms with van der Waals surface area (Å²) in [5.74, 6) is 0.974. The molecule has 2 aromatic rings. The second-order valence-corrected chi connectivity index (χ2v) is 13.1. The highest BCUT2D eigenvalue weighted by Gasteiger charge is 2.39. The van der Waals surface area contributed by atoms with E-state index in [1.165, 1.54) is 0 Å². The van der Waals surface area contributed by atoms with Crippen molar-refractivity contribution < 1.29 is 17.8 Å². The van der Waals surface area contributed by atoms with Crippen molar-refractivity contribution in [3.8, 4) is 11.3 Å². The summed E-state index contributed by atoms with van der Waals surface area (Å²) >= 11 is 0. The standard InChI is InChI=1S/C25H35FN4O3S/c1-25(2,3)24-29-21(19-10-7-17(26)15-20(19)23(27)31)22(33-24)16-5-8-18(9-6-16)30-11-13-34(32,28-4)14-12-30/h5-6,8-9,17,19-20H,7,10-15H2,1-4H3,(H2,27,31)/t17-,19+,20+/m0/s1. The number of aromatic nitrogens is 1. The maximum Gasteiger partial charge on any atom is 0.221 e. The Morgan fingerprint density at radius 2 is 1.85 bits per heavy atom. The van der Waals surface area contributed by atoms with E-state index in [2.05, 4.69) is 9.26 Å². The lowest BCUT2D eigenvalue weighted by Gasteiger charge is -2.31. The van der Waals surface area contributed by atoms with Crippen molar-refractivity contribution in [3.63, 3.8) is 0 Å². The number of primary amides is 1. The molecule has 9 heteroatoms. The number of oxazole rings is 1. The van der Waals surface area contributed by atoms with Crippen molar-refractivity contribution >= 4 is 21.3 Å². The Labute approximate surface area is 201 Å². The first kappa shape index (κ1) is 24.7. The van der Waals surface area contributed by atoms with Crippen LogP contribution < -0.4 is 10.6 Å².